The molecule has 1 unspecified atom stereocenters. The minimum absolute atomic E-state index is 0.144. The van der Waals surface area contributed by atoms with Crippen LogP contribution in [0.25, 0.3) is 0 Å². The molecule has 1 fully saturated rings. The molecular formula is C16H23NO3. The van der Waals surface area contributed by atoms with E-state index < -0.39 is 0 Å². The maximum atomic E-state index is 11.6. The van der Waals surface area contributed by atoms with Crippen LogP contribution in [0, 0.1) is 0 Å². The van der Waals surface area contributed by atoms with Gasteiger partial charge in [0.25, 0.3) is 0 Å². The Morgan fingerprint density at radius 1 is 1.35 bits per heavy atom. The maximum Gasteiger partial charge on any atom is 0.220 e. The van der Waals surface area contributed by atoms with Crippen LogP contribution in [-0.4, -0.2) is 25.2 Å². The molecule has 0 aromatic heterocycles. The molecule has 1 aromatic carbocycles. The number of carbonyl (C=O) groups is 1. The molecule has 1 amide bonds. The molecule has 0 bridgehead atoms. The van der Waals surface area contributed by atoms with Gasteiger partial charge in [-0.2, -0.15) is 0 Å². The number of amides is 1. The van der Waals surface area contributed by atoms with Gasteiger partial charge in [-0.15, -0.1) is 0 Å². The molecule has 1 aliphatic heterocycles. The lowest BCUT2D eigenvalue weighted by atomic mass is 9.86. The van der Waals surface area contributed by atoms with Crippen LogP contribution >= 0.6 is 0 Å². The molecule has 1 heterocycles. The van der Waals surface area contributed by atoms with Crippen LogP contribution in [0.15, 0.2) is 18.2 Å². The largest absolute Gasteiger partial charge is 0.493 e. The zero-order valence-corrected chi connectivity index (χ0v) is 12.5. The molecule has 1 aromatic rings. The minimum Gasteiger partial charge on any atom is -0.493 e. The number of benzene rings is 1. The highest BCUT2D eigenvalue weighted by Gasteiger charge is 2.36. The maximum absolute atomic E-state index is 11.6. The Bertz CT molecular complexity index is 487. The summed E-state index contributed by atoms with van der Waals surface area (Å²) >= 11 is 0. The Morgan fingerprint density at radius 2 is 2.15 bits per heavy atom. The molecule has 0 radical (unpaired) electrons. The zero-order chi connectivity index (χ0) is 14.6. The van der Waals surface area contributed by atoms with E-state index in [9.17, 15) is 4.79 Å². The number of nitrogens with one attached hydrogen (secondary N) is 1. The van der Waals surface area contributed by atoms with Crippen molar-refractivity contribution in [2.45, 2.75) is 45.1 Å². The van der Waals surface area contributed by atoms with Crippen LogP contribution < -0.4 is 14.8 Å². The topological polar surface area (TPSA) is 47.6 Å². The second-order valence-corrected chi connectivity index (χ2v) is 5.24. The zero-order valence-electron chi connectivity index (χ0n) is 12.5. The lowest BCUT2D eigenvalue weighted by Gasteiger charge is -2.29. The standard InChI is InChI=1S/C16H23NO3/c1-4-16(10-9-14(18)17-16)11-12-7-6-8-13(20-5-2)15(12)19-3/h6-8H,4-5,9-11H2,1-3H3,(H,17,18). The van der Waals surface area contributed by atoms with Gasteiger partial charge in [0.05, 0.1) is 13.7 Å². The van der Waals surface area contributed by atoms with Gasteiger partial charge in [0.1, 0.15) is 0 Å². The van der Waals surface area contributed by atoms with E-state index in [0.29, 0.717) is 13.0 Å². The van der Waals surface area contributed by atoms with Gasteiger partial charge >= 0.3 is 0 Å². The van der Waals surface area contributed by atoms with Gasteiger partial charge in [-0.3, -0.25) is 4.79 Å². The van der Waals surface area contributed by atoms with E-state index in [-0.39, 0.29) is 11.4 Å². The molecule has 0 saturated carbocycles. The van der Waals surface area contributed by atoms with Crippen LogP contribution in [-0.2, 0) is 11.2 Å². The minimum atomic E-state index is -0.144. The average Bonchev–Trinajstić information content (AvgIpc) is 2.81. The Morgan fingerprint density at radius 3 is 2.70 bits per heavy atom. The van der Waals surface area contributed by atoms with Crippen molar-refractivity contribution in [2.75, 3.05) is 13.7 Å². The lowest BCUT2D eigenvalue weighted by Crippen LogP contribution is -2.43. The predicted octanol–water partition coefficient (Wildman–Crippen LogP) is 2.70. The molecule has 110 valence electrons. The van der Waals surface area contributed by atoms with E-state index in [0.717, 1.165) is 36.3 Å². The summed E-state index contributed by atoms with van der Waals surface area (Å²) in [5.41, 5.74) is 0.942. The summed E-state index contributed by atoms with van der Waals surface area (Å²) in [5.74, 6) is 1.69. The SMILES string of the molecule is CCOc1cccc(CC2(CC)CCC(=O)N2)c1OC. The number of methoxy groups -OCH3 is 1. The van der Waals surface area contributed by atoms with E-state index in [1.54, 1.807) is 7.11 Å². The van der Waals surface area contributed by atoms with Crippen LogP contribution in [0.2, 0.25) is 0 Å². The van der Waals surface area contributed by atoms with Gasteiger partial charge in [-0.1, -0.05) is 19.1 Å². The molecule has 20 heavy (non-hydrogen) atoms. The van der Waals surface area contributed by atoms with Crippen LogP contribution in [0.1, 0.15) is 38.7 Å². The summed E-state index contributed by atoms with van der Waals surface area (Å²) < 4.78 is 11.1. The average molecular weight is 277 g/mol. The highest BCUT2D eigenvalue weighted by molar-refractivity contribution is 5.79. The van der Waals surface area contributed by atoms with Crippen LogP contribution in [0.5, 0.6) is 11.5 Å². The van der Waals surface area contributed by atoms with Crippen molar-refractivity contribution < 1.29 is 14.3 Å². The summed E-state index contributed by atoms with van der Waals surface area (Å²) in [5, 5.41) is 3.13. The van der Waals surface area contributed by atoms with Crippen molar-refractivity contribution >= 4 is 5.91 Å². The van der Waals surface area contributed by atoms with Crippen molar-refractivity contribution in [3.8, 4) is 11.5 Å². The molecule has 1 atom stereocenters. The van der Waals surface area contributed by atoms with Crippen molar-refractivity contribution in [1.29, 1.82) is 0 Å². The third-order valence-electron chi connectivity index (χ3n) is 4.01. The highest BCUT2D eigenvalue weighted by Crippen LogP contribution is 2.36. The van der Waals surface area contributed by atoms with Gasteiger partial charge in [-0.25, -0.2) is 0 Å². The van der Waals surface area contributed by atoms with E-state index in [4.69, 9.17) is 9.47 Å². The molecule has 4 heteroatoms. The van der Waals surface area contributed by atoms with Gasteiger partial charge < -0.3 is 14.8 Å². The van der Waals surface area contributed by atoms with E-state index in [1.807, 2.05) is 25.1 Å². The van der Waals surface area contributed by atoms with Gasteiger partial charge in [0, 0.05) is 17.5 Å². The fraction of sp³-hybridized carbons (Fsp3) is 0.562. The molecule has 0 aliphatic carbocycles. The van der Waals surface area contributed by atoms with E-state index in [1.165, 1.54) is 0 Å². The first-order chi connectivity index (χ1) is 9.64. The third-order valence-corrected chi connectivity index (χ3v) is 4.01. The van der Waals surface area contributed by atoms with Crippen molar-refractivity contribution in [1.82, 2.24) is 5.32 Å². The number of hydrogen-bond acceptors (Lipinski definition) is 3. The summed E-state index contributed by atoms with van der Waals surface area (Å²) in [4.78, 5) is 11.6. The highest BCUT2D eigenvalue weighted by atomic mass is 16.5. The van der Waals surface area contributed by atoms with Gasteiger partial charge in [-0.05, 0) is 32.3 Å². The smallest absolute Gasteiger partial charge is 0.220 e. The molecule has 1 aliphatic rings. The molecule has 4 nitrogen and oxygen atoms in total. The third kappa shape index (κ3) is 2.89. The summed E-state index contributed by atoms with van der Waals surface area (Å²) in [6.07, 6.45) is 3.19. The monoisotopic (exact) mass is 277 g/mol. The van der Waals surface area contributed by atoms with E-state index in [2.05, 4.69) is 12.2 Å². The normalized spacial score (nSPS) is 21.6. The Balaban J connectivity index is 2.28. The number of carbonyl (C=O) groups excluding carboxylic acids is 1. The van der Waals surface area contributed by atoms with Gasteiger partial charge in [0.2, 0.25) is 5.91 Å². The lowest BCUT2D eigenvalue weighted by molar-refractivity contribution is -0.119. The number of hydrogen-bond donors (Lipinski definition) is 1. The fourth-order valence-corrected chi connectivity index (χ4v) is 2.86. The van der Waals surface area contributed by atoms with Crippen LogP contribution in [0.3, 0.4) is 0 Å². The fourth-order valence-electron chi connectivity index (χ4n) is 2.86. The Labute approximate surface area is 120 Å². The first kappa shape index (κ1) is 14.7. The summed E-state index contributed by atoms with van der Waals surface area (Å²) in [6, 6.07) is 5.93. The molecular weight excluding hydrogens is 254 g/mol. The molecule has 2 rings (SSSR count). The molecule has 0 spiro atoms. The molecule has 1 saturated heterocycles. The number of para-hydroxylation sites is 1. The van der Waals surface area contributed by atoms with E-state index >= 15 is 0 Å². The quantitative estimate of drug-likeness (QED) is 0.869. The second kappa shape index (κ2) is 6.16. The second-order valence-electron chi connectivity index (χ2n) is 5.24. The first-order valence-electron chi connectivity index (χ1n) is 7.24. The van der Waals surface area contributed by atoms with Crippen molar-refractivity contribution in [3.05, 3.63) is 23.8 Å². The Hall–Kier alpha value is -1.71. The van der Waals surface area contributed by atoms with Crippen molar-refractivity contribution in [2.24, 2.45) is 0 Å². The summed E-state index contributed by atoms with van der Waals surface area (Å²) in [7, 11) is 1.66. The number of ether oxygens (including phenoxy) is 2. The van der Waals surface area contributed by atoms with Crippen LogP contribution in [0.4, 0.5) is 0 Å². The Kier molecular flexibility index (Phi) is 4.53. The summed E-state index contributed by atoms with van der Waals surface area (Å²) in [6.45, 7) is 4.68. The molecule has 1 N–H and O–H groups in total. The predicted molar refractivity (Wildman–Crippen MR) is 78.3 cm³/mol. The first-order valence-corrected chi connectivity index (χ1v) is 7.24. The van der Waals surface area contributed by atoms with Gasteiger partial charge in [0.15, 0.2) is 11.5 Å². The number of rotatable bonds is 6. The van der Waals surface area contributed by atoms with Crippen molar-refractivity contribution in [3.63, 3.8) is 0 Å².